The number of aromatic nitrogens is 2. The van der Waals surface area contributed by atoms with Crippen molar-refractivity contribution >= 4 is 12.0 Å². The van der Waals surface area contributed by atoms with E-state index >= 15 is 0 Å². The minimum absolute atomic E-state index is 0.112. The van der Waals surface area contributed by atoms with Gasteiger partial charge in [0.1, 0.15) is 5.82 Å². The maximum absolute atomic E-state index is 12.2. The number of likely N-dealkylation sites (tertiary alicyclic amines) is 1. The molecule has 7 nitrogen and oxygen atoms in total. The van der Waals surface area contributed by atoms with E-state index in [-0.39, 0.29) is 24.4 Å². The van der Waals surface area contributed by atoms with E-state index in [9.17, 15) is 9.59 Å². The molecular weight excluding hydrogens is 272 g/mol. The Kier molecular flexibility index (Phi) is 5.19. The number of amides is 2. The summed E-state index contributed by atoms with van der Waals surface area (Å²) in [5.74, 6) is 0.227. The minimum Gasteiger partial charge on any atom is -0.481 e. The molecule has 0 aliphatic carbocycles. The molecule has 7 heteroatoms. The standard InChI is InChI=1S/C14H22N4O3/c1-10(13-15-6-7-16-13)17-14(21)18-8-2-3-11(9-18)4-5-12(19)20/h6-7,10-11H,2-5,8-9H2,1H3,(H,15,16)(H,17,21)(H,19,20). The Balaban J connectivity index is 1.82. The number of nitrogens with one attached hydrogen (secondary N) is 2. The fourth-order valence-electron chi connectivity index (χ4n) is 2.67. The van der Waals surface area contributed by atoms with E-state index in [2.05, 4.69) is 15.3 Å². The Hall–Kier alpha value is -2.05. The third-order valence-electron chi connectivity index (χ3n) is 3.84. The van der Waals surface area contributed by atoms with Crippen LogP contribution < -0.4 is 5.32 Å². The van der Waals surface area contributed by atoms with Crippen LogP contribution in [0.5, 0.6) is 0 Å². The number of carboxylic acids is 1. The van der Waals surface area contributed by atoms with Crippen molar-refractivity contribution in [2.45, 2.75) is 38.6 Å². The predicted octanol–water partition coefficient (Wildman–Crippen LogP) is 1.76. The lowest BCUT2D eigenvalue weighted by molar-refractivity contribution is -0.137. The highest BCUT2D eigenvalue weighted by molar-refractivity contribution is 5.74. The van der Waals surface area contributed by atoms with Crippen molar-refractivity contribution in [2.75, 3.05) is 13.1 Å². The highest BCUT2D eigenvalue weighted by Gasteiger charge is 2.25. The van der Waals surface area contributed by atoms with Crippen LogP contribution in [0.15, 0.2) is 12.4 Å². The lowest BCUT2D eigenvalue weighted by Crippen LogP contribution is -2.46. The number of piperidine rings is 1. The number of aromatic amines is 1. The molecule has 1 saturated heterocycles. The average molecular weight is 294 g/mol. The maximum atomic E-state index is 12.2. The summed E-state index contributed by atoms with van der Waals surface area (Å²) in [4.78, 5) is 31.7. The van der Waals surface area contributed by atoms with Gasteiger partial charge in [0, 0.05) is 31.9 Å². The number of carbonyl (C=O) groups is 2. The van der Waals surface area contributed by atoms with Gasteiger partial charge in [-0.3, -0.25) is 4.79 Å². The molecule has 2 amide bonds. The van der Waals surface area contributed by atoms with Crippen LogP contribution in [0.4, 0.5) is 4.79 Å². The summed E-state index contributed by atoms with van der Waals surface area (Å²) in [6.07, 6.45) is 6.09. The number of rotatable bonds is 5. The van der Waals surface area contributed by atoms with Crippen LogP contribution in [0.25, 0.3) is 0 Å². The molecule has 3 N–H and O–H groups in total. The second-order valence-corrected chi connectivity index (χ2v) is 5.53. The third-order valence-corrected chi connectivity index (χ3v) is 3.84. The average Bonchev–Trinajstić information content (AvgIpc) is 2.99. The van der Waals surface area contributed by atoms with Crippen LogP contribution in [-0.4, -0.2) is 45.1 Å². The monoisotopic (exact) mass is 294 g/mol. The number of imidazole rings is 1. The number of carboxylic acid groups (broad SMARTS) is 1. The first-order valence-corrected chi connectivity index (χ1v) is 7.32. The SMILES string of the molecule is CC(NC(=O)N1CCCC(CCC(=O)O)C1)c1ncc[nH]1. The number of aliphatic carboxylic acids is 1. The number of H-pyrrole nitrogens is 1. The molecule has 2 heterocycles. The van der Waals surface area contributed by atoms with Gasteiger partial charge in [-0.05, 0) is 32.1 Å². The van der Waals surface area contributed by atoms with Crippen LogP contribution in [-0.2, 0) is 4.79 Å². The van der Waals surface area contributed by atoms with Gasteiger partial charge in [0.2, 0.25) is 0 Å². The molecule has 1 aromatic heterocycles. The van der Waals surface area contributed by atoms with E-state index in [0.29, 0.717) is 13.0 Å². The lowest BCUT2D eigenvalue weighted by Gasteiger charge is -2.33. The molecular formula is C14H22N4O3. The van der Waals surface area contributed by atoms with Gasteiger partial charge in [-0.2, -0.15) is 0 Å². The molecule has 1 fully saturated rings. The Morgan fingerprint density at radius 3 is 3.10 bits per heavy atom. The van der Waals surface area contributed by atoms with Crippen molar-refractivity contribution in [1.82, 2.24) is 20.2 Å². The van der Waals surface area contributed by atoms with Gasteiger partial charge < -0.3 is 20.3 Å². The summed E-state index contributed by atoms with van der Waals surface area (Å²) in [6, 6.07) is -0.286. The molecule has 21 heavy (non-hydrogen) atoms. The molecule has 2 rings (SSSR count). The van der Waals surface area contributed by atoms with Gasteiger partial charge in [0.15, 0.2) is 0 Å². The van der Waals surface area contributed by atoms with Crippen molar-refractivity contribution in [1.29, 1.82) is 0 Å². The van der Waals surface area contributed by atoms with Crippen molar-refractivity contribution in [2.24, 2.45) is 5.92 Å². The quantitative estimate of drug-likeness (QED) is 0.770. The van der Waals surface area contributed by atoms with Crippen LogP contribution in [0.1, 0.15) is 44.5 Å². The van der Waals surface area contributed by atoms with Crippen molar-refractivity contribution in [3.8, 4) is 0 Å². The first kappa shape index (κ1) is 15.3. The summed E-state index contributed by atoms with van der Waals surface area (Å²) in [6.45, 7) is 3.23. The summed E-state index contributed by atoms with van der Waals surface area (Å²) in [7, 11) is 0. The van der Waals surface area contributed by atoms with Crippen molar-refractivity contribution in [3.63, 3.8) is 0 Å². The predicted molar refractivity (Wildman–Crippen MR) is 76.7 cm³/mol. The first-order chi connectivity index (χ1) is 10.1. The zero-order valence-corrected chi connectivity index (χ0v) is 12.2. The van der Waals surface area contributed by atoms with E-state index in [0.717, 1.165) is 25.2 Å². The second-order valence-electron chi connectivity index (χ2n) is 5.53. The molecule has 2 atom stereocenters. The van der Waals surface area contributed by atoms with Gasteiger partial charge in [-0.1, -0.05) is 0 Å². The molecule has 0 radical (unpaired) electrons. The van der Waals surface area contributed by atoms with Gasteiger partial charge in [-0.15, -0.1) is 0 Å². The minimum atomic E-state index is -0.775. The molecule has 1 aromatic rings. The maximum Gasteiger partial charge on any atom is 0.317 e. The van der Waals surface area contributed by atoms with E-state index < -0.39 is 5.97 Å². The Bertz CT molecular complexity index is 475. The largest absolute Gasteiger partial charge is 0.481 e. The number of carbonyl (C=O) groups excluding carboxylic acids is 1. The summed E-state index contributed by atoms with van der Waals surface area (Å²) in [5.41, 5.74) is 0. The van der Waals surface area contributed by atoms with Gasteiger partial charge in [0.05, 0.1) is 6.04 Å². The molecule has 0 bridgehead atoms. The Labute approximate surface area is 123 Å². The number of hydrogen-bond donors (Lipinski definition) is 3. The van der Waals surface area contributed by atoms with E-state index in [1.807, 2.05) is 6.92 Å². The topological polar surface area (TPSA) is 98.3 Å². The fourth-order valence-corrected chi connectivity index (χ4v) is 2.67. The van der Waals surface area contributed by atoms with E-state index in [1.54, 1.807) is 17.3 Å². The number of urea groups is 1. The molecule has 0 aromatic carbocycles. The summed E-state index contributed by atoms with van der Waals surface area (Å²) >= 11 is 0. The van der Waals surface area contributed by atoms with Crippen LogP contribution >= 0.6 is 0 Å². The smallest absolute Gasteiger partial charge is 0.317 e. The highest BCUT2D eigenvalue weighted by atomic mass is 16.4. The van der Waals surface area contributed by atoms with Gasteiger partial charge in [0.25, 0.3) is 0 Å². The van der Waals surface area contributed by atoms with Crippen LogP contribution in [0.3, 0.4) is 0 Å². The Morgan fingerprint density at radius 2 is 2.43 bits per heavy atom. The fraction of sp³-hybridized carbons (Fsp3) is 0.643. The first-order valence-electron chi connectivity index (χ1n) is 7.32. The van der Waals surface area contributed by atoms with E-state index in [4.69, 9.17) is 5.11 Å². The normalized spacial score (nSPS) is 20.0. The molecule has 2 unspecified atom stereocenters. The molecule has 0 spiro atoms. The summed E-state index contributed by atoms with van der Waals surface area (Å²) < 4.78 is 0. The molecule has 1 aliphatic rings. The second kappa shape index (κ2) is 7.10. The van der Waals surface area contributed by atoms with Crippen LogP contribution in [0, 0.1) is 5.92 Å². The third kappa shape index (κ3) is 4.47. The Morgan fingerprint density at radius 1 is 1.62 bits per heavy atom. The number of hydrogen-bond acceptors (Lipinski definition) is 3. The van der Waals surface area contributed by atoms with Gasteiger partial charge in [-0.25, -0.2) is 9.78 Å². The van der Waals surface area contributed by atoms with Crippen molar-refractivity contribution < 1.29 is 14.7 Å². The molecule has 0 saturated carbocycles. The van der Waals surface area contributed by atoms with Crippen molar-refractivity contribution in [3.05, 3.63) is 18.2 Å². The zero-order valence-electron chi connectivity index (χ0n) is 12.2. The number of nitrogens with zero attached hydrogens (tertiary/aromatic N) is 2. The van der Waals surface area contributed by atoms with Crippen LogP contribution in [0.2, 0.25) is 0 Å². The zero-order chi connectivity index (χ0) is 15.2. The summed E-state index contributed by atoms with van der Waals surface area (Å²) in [5, 5.41) is 11.7. The molecule has 116 valence electrons. The highest BCUT2D eigenvalue weighted by Crippen LogP contribution is 2.21. The lowest BCUT2D eigenvalue weighted by atomic mass is 9.93. The van der Waals surface area contributed by atoms with Gasteiger partial charge >= 0.3 is 12.0 Å². The van der Waals surface area contributed by atoms with E-state index in [1.165, 1.54) is 0 Å². The molecule has 1 aliphatic heterocycles.